The van der Waals surface area contributed by atoms with E-state index >= 15 is 0 Å². The molecular weight excluding hydrogens is 260 g/mol. The third-order valence-corrected chi connectivity index (χ3v) is 2.86. The van der Waals surface area contributed by atoms with Crippen LogP contribution in [0, 0.1) is 0 Å². The second kappa shape index (κ2) is 6.83. The molecule has 1 rings (SSSR count). The van der Waals surface area contributed by atoms with Crippen molar-refractivity contribution in [3.63, 3.8) is 0 Å². The first-order valence-electron chi connectivity index (χ1n) is 6.56. The molecule has 1 amide bonds. The number of carbonyl (C=O) groups is 2. The summed E-state index contributed by atoms with van der Waals surface area (Å²) in [6.45, 7) is 5.82. The average Bonchev–Trinajstić information content (AvgIpc) is 2.40. The number of hydrogen-bond acceptors (Lipinski definition) is 5. The fourth-order valence-corrected chi connectivity index (χ4v) is 1.78. The van der Waals surface area contributed by atoms with E-state index in [2.05, 4.69) is 20.8 Å². The first kappa shape index (κ1) is 15.9. The Hall–Kier alpha value is -2.18. The minimum absolute atomic E-state index is 0.199. The predicted octanol–water partition coefficient (Wildman–Crippen LogP) is 1.28. The zero-order valence-corrected chi connectivity index (χ0v) is 11.9. The molecule has 7 nitrogen and oxygen atoms in total. The van der Waals surface area contributed by atoms with Crippen LogP contribution < -0.4 is 10.6 Å². The topological polar surface area (TPSA) is 104 Å². The average molecular weight is 280 g/mol. The standard InChI is InChI=1S/C13H20N4O3/c1-4-8-13(3,12(19)20)15-10-7-6-9(16-17-10)11(18)14-5-2/h6-7H,4-5,8H2,1-3H3,(H,14,18)(H,15,17)(H,19,20). The van der Waals surface area contributed by atoms with Gasteiger partial charge in [-0.2, -0.15) is 0 Å². The van der Waals surface area contributed by atoms with Gasteiger partial charge < -0.3 is 15.7 Å². The van der Waals surface area contributed by atoms with E-state index in [-0.39, 0.29) is 11.6 Å². The Morgan fingerprint density at radius 3 is 2.45 bits per heavy atom. The van der Waals surface area contributed by atoms with Crippen LogP contribution in [-0.2, 0) is 4.79 Å². The van der Waals surface area contributed by atoms with Gasteiger partial charge in [0, 0.05) is 6.54 Å². The van der Waals surface area contributed by atoms with Crippen molar-refractivity contribution in [3.8, 4) is 0 Å². The van der Waals surface area contributed by atoms with E-state index in [4.69, 9.17) is 0 Å². The van der Waals surface area contributed by atoms with E-state index in [1.165, 1.54) is 6.07 Å². The maximum Gasteiger partial charge on any atom is 0.329 e. The number of rotatable bonds is 7. The van der Waals surface area contributed by atoms with Crippen molar-refractivity contribution in [2.24, 2.45) is 0 Å². The number of nitrogens with zero attached hydrogens (tertiary/aromatic N) is 2. The second-order valence-electron chi connectivity index (χ2n) is 4.68. The fraction of sp³-hybridized carbons (Fsp3) is 0.538. The summed E-state index contributed by atoms with van der Waals surface area (Å²) < 4.78 is 0. The summed E-state index contributed by atoms with van der Waals surface area (Å²) in [6, 6.07) is 3.06. The van der Waals surface area contributed by atoms with Gasteiger partial charge in [0.15, 0.2) is 5.69 Å². The monoisotopic (exact) mass is 280 g/mol. The normalized spacial score (nSPS) is 13.3. The first-order valence-corrected chi connectivity index (χ1v) is 6.56. The molecule has 1 aromatic heterocycles. The van der Waals surface area contributed by atoms with Gasteiger partial charge in [-0.05, 0) is 32.4 Å². The Labute approximate surface area is 117 Å². The van der Waals surface area contributed by atoms with Gasteiger partial charge >= 0.3 is 5.97 Å². The molecule has 110 valence electrons. The molecule has 1 atom stereocenters. The molecule has 0 bridgehead atoms. The van der Waals surface area contributed by atoms with E-state index in [1.54, 1.807) is 13.0 Å². The Balaban J connectivity index is 2.83. The van der Waals surface area contributed by atoms with Crippen LogP contribution in [0.15, 0.2) is 12.1 Å². The molecule has 0 radical (unpaired) electrons. The minimum atomic E-state index is -1.10. The quantitative estimate of drug-likeness (QED) is 0.695. The predicted molar refractivity (Wildman–Crippen MR) is 74.6 cm³/mol. The molecule has 0 aliphatic heterocycles. The van der Waals surface area contributed by atoms with Crippen LogP contribution in [0.25, 0.3) is 0 Å². The zero-order valence-electron chi connectivity index (χ0n) is 11.9. The van der Waals surface area contributed by atoms with E-state index in [1.807, 2.05) is 13.8 Å². The molecule has 1 heterocycles. The molecule has 1 aromatic rings. The van der Waals surface area contributed by atoms with Crippen LogP contribution in [-0.4, -0.2) is 39.3 Å². The van der Waals surface area contributed by atoms with E-state index < -0.39 is 11.5 Å². The van der Waals surface area contributed by atoms with Crippen LogP contribution in [0.4, 0.5) is 5.82 Å². The van der Waals surface area contributed by atoms with E-state index in [0.717, 1.165) is 6.42 Å². The summed E-state index contributed by atoms with van der Waals surface area (Å²) in [7, 11) is 0. The highest BCUT2D eigenvalue weighted by Crippen LogP contribution is 2.18. The molecule has 7 heteroatoms. The number of carboxylic acids is 1. The van der Waals surface area contributed by atoms with Gasteiger partial charge in [0.25, 0.3) is 5.91 Å². The summed E-state index contributed by atoms with van der Waals surface area (Å²) in [5.74, 6) is -0.925. The second-order valence-corrected chi connectivity index (χ2v) is 4.68. The highest BCUT2D eigenvalue weighted by Gasteiger charge is 2.32. The summed E-state index contributed by atoms with van der Waals surface area (Å²) in [6.07, 6.45) is 1.18. The highest BCUT2D eigenvalue weighted by molar-refractivity contribution is 5.92. The Morgan fingerprint density at radius 2 is 2.00 bits per heavy atom. The number of nitrogens with one attached hydrogen (secondary N) is 2. The maximum atomic E-state index is 11.5. The van der Waals surface area contributed by atoms with Crippen molar-refractivity contribution in [1.82, 2.24) is 15.5 Å². The SMILES string of the molecule is CCCC(C)(Nc1ccc(C(=O)NCC)nn1)C(=O)O. The van der Waals surface area contributed by atoms with Crippen molar-refractivity contribution in [2.75, 3.05) is 11.9 Å². The van der Waals surface area contributed by atoms with Crippen molar-refractivity contribution >= 4 is 17.7 Å². The zero-order chi connectivity index (χ0) is 15.2. The van der Waals surface area contributed by atoms with Crippen LogP contribution >= 0.6 is 0 Å². The Kier molecular flexibility index (Phi) is 5.42. The summed E-state index contributed by atoms with van der Waals surface area (Å²) in [4.78, 5) is 22.8. The van der Waals surface area contributed by atoms with Gasteiger partial charge in [0.1, 0.15) is 11.4 Å². The molecule has 3 N–H and O–H groups in total. The smallest absolute Gasteiger partial charge is 0.329 e. The molecule has 0 saturated heterocycles. The van der Waals surface area contributed by atoms with Gasteiger partial charge in [0.05, 0.1) is 0 Å². The van der Waals surface area contributed by atoms with E-state index in [0.29, 0.717) is 18.8 Å². The van der Waals surface area contributed by atoms with Gasteiger partial charge in [-0.15, -0.1) is 10.2 Å². The number of amides is 1. The van der Waals surface area contributed by atoms with Crippen molar-refractivity contribution < 1.29 is 14.7 Å². The molecule has 0 fully saturated rings. The number of aliphatic carboxylic acids is 1. The van der Waals surface area contributed by atoms with Gasteiger partial charge in [-0.3, -0.25) is 4.79 Å². The van der Waals surface area contributed by atoms with Gasteiger partial charge in [-0.25, -0.2) is 4.79 Å². The molecule has 0 spiro atoms. The highest BCUT2D eigenvalue weighted by atomic mass is 16.4. The number of aromatic nitrogens is 2. The fourth-order valence-electron chi connectivity index (χ4n) is 1.78. The van der Waals surface area contributed by atoms with Crippen molar-refractivity contribution in [3.05, 3.63) is 17.8 Å². The van der Waals surface area contributed by atoms with E-state index in [9.17, 15) is 14.7 Å². The molecule has 0 saturated carbocycles. The Bertz CT molecular complexity index is 475. The third kappa shape index (κ3) is 3.91. The van der Waals surface area contributed by atoms with Crippen molar-refractivity contribution in [2.45, 2.75) is 39.2 Å². The molecule has 0 aliphatic rings. The van der Waals surface area contributed by atoms with Crippen LogP contribution in [0.1, 0.15) is 44.1 Å². The van der Waals surface area contributed by atoms with Crippen LogP contribution in [0.2, 0.25) is 0 Å². The molecule has 0 aromatic carbocycles. The molecule has 20 heavy (non-hydrogen) atoms. The van der Waals surface area contributed by atoms with Crippen LogP contribution in [0.3, 0.4) is 0 Å². The number of carbonyl (C=O) groups excluding carboxylic acids is 1. The van der Waals surface area contributed by atoms with Gasteiger partial charge in [-0.1, -0.05) is 13.3 Å². The van der Waals surface area contributed by atoms with Crippen molar-refractivity contribution in [1.29, 1.82) is 0 Å². The first-order chi connectivity index (χ1) is 9.42. The number of anilines is 1. The van der Waals surface area contributed by atoms with Crippen LogP contribution in [0.5, 0.6) is 0 Å². The lowest BCUT2D eigenvalue weighted by Gasteiger charge is -2.26. The lowest BCUT2D eigenvalue weighted by molar-refractivity contribution is -0.142. The minimum Gasteiger partial charge on any atom is -0.480 e. The lowest BCUT2D eigenvalue weighted by atomic mass is 9.96. The summed E-state index contributed by atoms with van der Waals surface area (Å²) >= 11 is 0. The molecular formula is C13H20N4O3. The number of hydrogen-bond donors (Lipinski definition) is 3. The Morgan fingerprint density at radius 1 is 1.30 bits per heavy atom. The molecule has 1 unspecified atom stereocenters. The molecule has 0 aliphatic carbocycles. The largest absolute Gasteiger partial charge is 0.480 e. The maximum absolute atomic E-state index is 11.5. The summed E-state index contributed by atoms with van der Waals surface area (Å²) in [5, 5.41) is 22.4. The third-order valence-electron chi connectivity index (χ3n) is 2.86. The lowest BCUT2D eigenvalue weighted by Crippen LogP contribution is -2.43. The summed E-state index contributed by atoms with van der Waals surface area (Å²) in [5.41, 5.74) is -0.902. The van der Waals surface area contributed by atoms with Gasteiger partial charge in [0.2, 0.25) is 0 Å². The number of carboxylic acid groups (broad SMARTS) is 1.